The van der Waals surface area contributed by atoms with Crippen LogP contribution in [0.25, 0.3) is 0 Å². The largest absolute Gasteiger partial charge is 0.465 e. The predicted octanol–water partition coefficient (Wildman–Crippen LogP) is 5.66. The number of rotatable bonds is 14. The van der Waals surface area contributed by atoms with Gasteiger partial charge in [0.1, 0.15) is 5.04 Å². The highest BCUT2D eigenvalue weighted by atomic mass is 28.3. The lowest BCUT2D eigenvalue weighted by Crippen LogP contribution is -2.63. The topological polar surface area (TPSA) is 93.2 Å². The zero-order valence-corrected chi connectivity index (χ0v) is 26.1. The Morgan fingerprint density at radius 2 is 1.46 bits per heavy atom. The number of imide groups is 1. The van der Waals surface area contributed by atoms with Crippen molar-refractivity contribution in [2.75, 3.05) is 26.3 Å². The molecule has 0 rings (SSSR count). The third-order valence-corrected chi connectivity index (χ3v) is 15.9. The number of amides is 3. The van der Waals surface area contributed by atoms with Crippen LogP contribution in [-0.2, 0) is 23.9 Å². The van der Waals surface area contributed by atoms with E-state index in [1.165, 1.54) is 0 Å². The molecule has 1 atom stereocenters. The van der Waals surface area contributed by atoms with Crippen molar-refractivity contribution in [3.05, 3.63) is 0 Å². The third kappa shape index (κ3) is 7.90. The number of nitrogens with zero attached hydrogens (tertiary/aromatic N) is 2. The molecule has 3 amide bonds. The molecule has 0 N–H and O–H groups in total. The Balaban J connectivity index is 7.04. The quantitative estimate of drug-likeness (QED) is 0.125. The maximum Gasteiger partial charge on any atom is 0.416 e. The van der Waals surface area contributed by atoms with Gasteiger partial charge in [-0.05, 0) is 31.2 Å². The van der Waals surface area contributed by atoms with Crippen LogP contribution in [0, 0.1) is 0 Å². The molecule has 1 unspecified atom stereocenters. The molecule has 35 heavy (non-hydrogen) atoms. The number of unbranched alkanes of at least 4 members (excludes halogenated alkanes) is 1. The first kappa shape index (κ1) is 33.3. The first-order valence-corrected chi connectivity index (χ1v) is 19.3. The summed E-state index contributed by atoms with van der Waals surface area (Å²) in [4.78, 5) is 54.6. The van der Waals surface area contributed by atoms with Gasteiger partial charge in [-0.1, -0.05) is 73.8 Å². The molecule has 0 aliphatic carbocycles. The van der Waals surface area contributed by atoms with Crippen molar-refractivity contribution in [3.8, 4) is 0 Å². The van der Waals surface area contributed by atoms with Crippen molar-refractivity contribution in [1.82, 2.24) is 9.47 Å². The summed E-state index contributed by atoms with van der Waals surface area (Å²) in [5, 5.41) is -1.95. The van der Waals surface area contributed by atoms with E-state index < -0.39 is 39.3 Å². The molecular formula is C25H50N2O6Si2. The van der Waals surface area contributed by atoms with Crippen LogP contribution in [0.2, 0.25) is 42.8 Å². The van der Waals surface area contributed by atoms with Gasteiger partial charge in [0.25, 0.3) is 0 Å². The lowest BCUT2D eigenvalue weighted by atomic mass is 10.0. The minimum atomic E-state index is -2.87. The van der Waals surface area contributed by atoms with Crippen molar-refractivity contribution in [2.24, 2.45) is 0 Å². The molecule has 0 aliphatic rings. The molecule has 10 heteroatoms. The fourth-order valence-electron chi connectivity index (χ4n) is 3.95. The Labute approximate surface area is 215 Å². The number of hydrogen-bond acceptors (Lipinski definition) is 6. The van der Waals surface area contributed by atoms with Gasteiger partial charge in [-0.25, -0.2) is 9.69 Å². The zero-order chi connectivity index (χ0) is 27.7. The highest BCUT2D eigenvalue weighted by molar-refractivity contribution is 6.89. The number of ether oxygens (including phenoxy) is 2. The Morgan fingerprint density at radius 3 is 1.86 bits per heavy atom. The minimum Gasteiger partial charge on any atom is -0.465 e. The number of esters is 1. The van der Waals surface area contributed by atoms with Gasteiger partial charge < -0.3 is 14.0 Å². The van der Waals surface area contributed by atoms with E-state index in [1.807, 2.05) is 67.4 Å². The van der Waals surface area contributed by atoms with Crippen LogP contribution < -0.4 is 0 Å². The summed E-state index contributed by atoms with van der Waals surface area (Å²) >= 11 is 0. The second-order valence-corrected chi connectivity index (χ2v) is 22.2. The van der Waals surface area contributed by atoms with E-state index in [0.29, 0.717) is 12.8 Å². The van der Waals surface area contributed by atoms with Gasteiger partial charge in [-0.3, -0.25) is 14.4 Å². The highest BCUT2D eigenvalue weighted by Crippen LogP contribution is 2.55. The van der Waals surface area contributed by atoms with Crippen molar-refractivity contribution in [1.29, 1.82) is 0 Å². The van der Waals surface area contributed by atoms with Crippen LogP contribution in [0.1, 0.15) is 67.2 Å². The van der Waals surface area contributed by atoms with Crippen molar-refractivity contribution in [3.63, 3.8) is 0 Å². The SMILES string of the molecule is CCCCN(C(=O)OCCC)C(=O)C(CCN(C=O)[Si](C)(C)C)(C(=O)OCC)[Si](C)(C)C(C)(C)C. The minimum absolute atomic E-state index is 0.105. The average Bonchev–Trinajstić information content (AvgIpc) is 2.73. The van der Waals surface area contributed by atoms with Gasteiger partial charge in [0.2, 0.25) is 12.3 Å². The van der Waals surface area contributed by atoms with E-state index in [2.05, 4.69) is 0 Å². The number of hydrogen-bond donors (Lipinski definition) is 0. The van der Waals surface area contributed by atoms with E-state index >= 15 is 0 Å². The summed E-state index contributed by atoms with van der Waals surface area (Å²) in [6, 6.07) is 0. The zero-order valence-electron chi connectivity index (χ0n) is 24.1. The molecule has 0 aromatic rings. The lowest BCUT2D eigenvalue weighted by Gasteiger charge is -2.51. The molecule has 0 bridgehead atoms. The monoisotopic (exact) mass is 530 g/mol. The normalized spacial score (nSPS) is 14.0. The van der Waals surface area contributed by atoms with Crippen LogP contribution in [0.15, 0.2) is 0 Å². The number of carbonyl (C=O) groups excluding carboxylic acids is 4. The van der Waals surface area contributed by atoms with Gasteiger partial charge in [-0.15, -0.1) is 0 Å². The molecule has 0 fully saturated rings. The first-order valence-electron chi connectivity index (χ1n) is 12.9. The summed E-state index contributed by atoms with van der Waals surface area (Å²) < 4.78 is 12.7. The predicted molar refractivity (Wildman–Crippen MR) is 146 cm³/mol. The van der Waals surface area contributed by atoms with Crippen molar-refractivity contribution < 1.29 is 28.7 Å². The van der Waals surface area contributed by atoms with Crippen LogP contribution in [0.3, 0.4) is 0 Å². The molecule has 0 saturated heterocycles. The Kier molecular flexibility index (Phi) is 12.9. The maximum atomic E-state index is 14.5. The van der Waals surface area contributed by atoms with Crippen LogP contribution >= 0.6 is 0 Å². The van der Waals surface area contributed by atoms with E-state index in [0.717, 1.165) is 17.7 Å². The van der Waals surface area contributed by atoms with E-state index in [-0.39, 0.29) is 37.8 Å². The Hall–Kier alpha value is -1.69. The summed E-state index contributed by atoms with van der Waals surface area (Å²) in [6.45, 7) is 22.5. The third-order valence-electron chi connectivity index (χ3n) is 7.28. The van der Waals surface area contributed by atoms with Crippen molar-refractivity contribution in [2.45, 2.75) is 110 Å². The molecule has 0 heterocycles. The summed E-state index contributed by atoms with van der Waals surface area (Å²) in [7, 11) is -4.92. The maximum absolute atomic E-state index is 14.5. The lowest BCUT2D eigenvalue weighted by molar-refractivity contribution is -0.154. The smallest absolute Gasteiger partial charge is 0.416 e. The van der Waals surface area contributed by atoms with E-state index in [4.69, 9.17) is 9.47 Å². The van der Waals surface area contributed by atoms with E-state index in [9.17, 15) is 19.2 Å². The van der Waals surface area contributed by atoms with Gasteiger partial charge in [0.15, 0.2) is 8.24 Å². The second kappa shape index (κ2) is 13.6. The van der Waals surface area contributed by atoms with E-state index in [1.54, 1.807) is 11.5 Å². The van der Waals surface area contributed by atoms with Crippen molar-refractivity contribution >= 4 is 40.7 Å². The molecule has 0 saturated carbocycles. The summed E-state index contributed by atoms with van der Waals surface area (Å²) in [6.07, 6.45) is 2.17. The second-order valence-electron chi connectivity index (χ2n) is 11.6. The van der Waals surface area contributed by atoms with Gasteiger partial charge in [-0.2, -0.15) is 0 Å². The summed E-state index contributed by atoms with van der Waals surface area (Å²) in [5.74, 6) is -1.17. The molecule has 8 nitrogen and oxygen atoms in total. The number of carbonyl (C=O) groups is 4. The molecule has 0 radical (unpaired) electrons. The molecule has 0 aromatic carbocycles. The molecule has 204 valence electrons. The van der Waals surface area contributed by atoms with Crippen LogP contribution in [0.4, 0.5) is 4.79 Å². The Bertz CT molecular complexity index is 730. The Morgan fingerprint density at radius 1 is 0.886 bits per heavy atom. The molecule has 0 aliphatic heterocycles. The summed E-state index contributed by atoms with van der Waals surface area (Å²) in [5.41, 5.74) is 0. The highest BCUT2D eigenvalue weighted by Gasteiger charge is 2.64. The fraction of sp³-hybridized carbons (Fsp3) is 0.840. The van der Waals surface area contributed by atoms with Gasteiger partial charge >= 0.3 is 12.1 Å². The fourth-order valence-corrected chi connectivity index (χ4v) is 8.32. The molecule has 0 spiro atoms. The van der Waals surface area contributed by atoms with Gasteiger partial charge in [0.05, 0.1) is 21.3 Å². The molecule has 0 aromatic heterocycles. The van der Waals surface area contributed by atoms with Crippen LogP contribution in [0.5, 0.6) is 0 Å². The van der Waals surface area contributed by atoms with Gasteiger partial charge in [0, 0.05) is 13.1 Å². The van der Waals surface area contributed by atoms with Crippen LogP contribution in [-0.4, -0.2) is 76.5 Å². The first-order chi connectivity index (χ1) is 16.0. The average molecular weight is 531 g/mol. The standard InChI is InChI=1S/C25H50N2O6Si2/c1-12-15-17-27(23(31)33-19-13-2)21(29)25(22(30)32-14-3,35(10,11)24(4,5)6)16-18-26(20-28)34(7,8)9/h20H,12-19H2,1-11H3. The molecular weight excluding hydrogens is 480 g/mol.